The molecule has 3 rings (SSSR count). The summed E-state index contributed by atoms with van der Waals surface area (Å²) >= 11 is 0. The van der Waals surface area contributed by atoms with Gasteiger partial charge in [-0.1, -0.05) is 13.8 Å². The maximum Gasteiger partial charge on any atom is 0.417 e. The van der Waals surface area contributed by atoms with Gasteiger partial charge in [0.05, 0.1) is 0 Å². The van der Waals surface area contributed by atoms with Crippen molar-refractivity contribution in [1.29, 1.82) is 0 Å². The van der Waals surface area contributed by atoms with Crippen molar-refractivity contribution in [3.05, 3.63) is 59.3 Å². The largest absolute Gasteiger partial charge is 0.508 e. The molecule has 8 heteroatoms. The molecule has 1 unspecified atom stereocenters. The van der Waals surface area contributed by atoms with Crippen LogP contribution in [0.15, 0.2) is 36.7 Å². The van der Waals surface area contributed by atoms with E-state index in [0.717, 1.165) is 18.2 Å². The maximum atomic E-state index is 14.0. The van der Waals surface area contributed by atoms with Crippen LogP contribution in [0.3, 0.4) is 0 Å². The van der Waals surface area contributed by atoms with E-state index in [1.807, 2.05) is 0 Å². The van der Waals surface area contributed by atoms with Crippen LogP contribution >= 0.6 is 0 Å². The summed E-state index contributed by atoms with van der Waals surface area (Å²) < 4.78 is 55.6. The van der Waals surface area contributed by atoms with E-state index in [4.69, 9.17) is 0 Å². The first kappa shape index (κ1) is 21.1. The molecule has 2 aromatic heterocycles. The number of aromatic hydroxyl groups is 1. The number of benzene rings is 1. The normalized spacial score (nSPS) is 14.9. The molecule has 0 amide bonds. The van der Waals surface area contributed by atoms with Crippen molar-refractivity contribution in [3.8, 4) is 5.75 Å². The Labute approximate surface area is 165 Å². The van der Waals surface area contributed by atoms with Gasteiger partial charge in [0.1, 0.15) is 11.6 Å². The Morgan fingerprint density at radius 1 is 1.14 bits per heavy atom. The Bertz CT molecular complexity index is 1040. The molecule has 1 aromatic carbocycles. The lowest BCUT2D eigenvalue weighted by atomic mass is 9.73. The molecule has 0 spiro atoms. The van der Waals surface area contributed by atoms with E-state index in [0.29, 0.717) is 16.5 Å². The molecule has 0 radical (unpaired) electrons. The fourth-order valence-corrected chi connectivity index (χ4v) is 3.83. The van der Waals surface area contributed by atoms with Gasteiger partial charge in [-0.05, 0) is 48.6 Å². The lowest BCUT2D eigenvalue weighted by Gasteiger charge is -2.38. The molecular formula is C21H22F4N2O2. The predicted octanol–water partition coefficient (Wildman–Crippen LogP) is 4.92. The van der Waals surface area contributed by atoms with Gasteiger partial charge >= 0.3 is 6.18 Å². The van der Waals surface area contributed by atoms with Gasteiger partial charge in [-0.3, -0.25) is 4.98 Å². The maximum absolute atomic E-state index is 14.0. The first-order chi connectivity index (χ1) is 13.3. The Morgan fingerprint density at radius 3 is 2.45 bits per heavy atom. The average molecular weight is 410 g/mol. The molecule has 3 N–H and O–H groups in total. The number of hydrogen-bond acceptors (Lipinski definition) is 3. The van der Waals surface area contributed by atoms with Crippen LogP contribution in [0, 0.1) is 12.7 Å². The minimum atomic E-state index is -4.95. The summed E-state index contributed by atoms with van der Waals surface area (Å²) in [5, 5.41) is 21.5. The van der Waals surface area contributed by atoms with Gasteiger partial charge in [0.2, 0.25) is 0 Å². The van der Waals surface area contributed by atoms with Crippen molar-refractivity contribution >= 4 is 10.9 Å². The first-order valence-electron chi connectivity index (χ1n) is 9.03. The monoisotopic (exact) mass is 410 g/mol. The fraction of sp³-hybridized carbons (Fsp3) is 0.381. The number of aliphatic hydroxyl groups is 1. The van der Waals surface area contributed by atoms with E-state index >= 15 is 0 Å². The molecule has 2 heterocycles. The van der Waals surface area contributed by atoms with E-state index in [2.05, 4.69) is 9.97 Å². The highest BCUT2D eigenvalue weighted by atomic mass is 19.4. The molecule has 0 aliphatic heterocycles. The fourth-order valence-electron chi connectivity index (χ4n) is 3.83. The number of halogens is 4. The lowest BCUT2D eigenvalue weighted by Crippen LogP contribution is -2.51. The van der Waals surface area contributed by atoms with E-state index in [1.54, 1.807) is 19.2 Å². The van der Waals surface area contributed by atoms with Gasteiger partial charge in [0, 0.05) is 41.0 Å². The number of fused-ring (bicyclic) bond motifs is 1. The average Bonchev–Trinajstić information content (AvgIpc) is 2.91. The number of phenols is 1. The number of rotatable bonds is 5. The van der Waals surface area contributed by atoms with E-state index < -0.39 is 35.9 Å². The van der Waals surface area contributed by atoms with Gasteiger partial charge in [0.15, 0.2) is 5.60 Å². The summed E-state index contributed by atoms with van der Waals surface area (Å²) in [6.07, 6.45) is -3.36. The van der Waals surface area contributed by atoms with Crippen molar-refractivity contribution in [2.75, 3.05) is 0 Å². The molecule has 29 heavy (non-hydrogen) atoms. The second-order valence-corrected chi connectivity index (χ2v) is 8.08. The van der Waals surface area contributed by atoms with Crippen molar-refractivity contribution in [2.45, 2.75) is 50.8 Å². The predicted molar refractivity (Wildman–Crippen MR) is 101 cm³/mol. The van der Waals surface area contributed by atoms with Crippen molar-refractivity contribution in [2.24, 2.45) is 0 Å². The van der Waals surface area contributed by atoms with Crippen LogP contribution in [0.2, 0.25) is 0 Å². The summed E-state index contributed by atoms with van der Waals surface area (Å²) in [7, 11) is 0. The van der Waals surface area contributed by atoms with Crippen LogP contribution in [0.25, 0.3) is 10.9 Å². The van der Waals surface area contributed by atoms with Gasteiger partial charge in [-0.25, -0.2) is 4.39 Å². The van der Waals surface area contributed by atoms with Gasteiger partial charge in [-0.2, -0.15) is 13.2 Å². The Balaban J connectivity index is 2.02. The topological polar surface area (TPSA) is 69.1 Å². The molecule has 0 saturated heterocycles. The Hall–Kier alpha value is -2.61. The third-order valence-electron chi connectivity index (χ3n) is 5.38. The van der Waals surface area contributed by atoms with Crippen LogP contribution < -0.4 is 0 Å². The SMILES string of the molecule is Cc1c(CC(O)(CC(C)(C)c2cc(F)ccc2O)C(F)(F)F)[nH]c2ccncc12. The molecule has 4 nitrogen and oxygen atoms in total. The van der Waals surface area contributed by atoms with Crippen molar-refractivity contribution in [1.82, 2.24) is 9.97 Å². The quantitative estimate of drug-likeness (QED) is 0.523. The summed E-state index contributed by atoms with van der Waals surface area (Å²) in [5.41, 5.74) is -3.03. The number of phenolic OH excluding ortho intramolecular Hbond substituents is 1. The highest BCUT2D eigenvalue weighted by molar-refractivity contribution is 5.83. The van der Waals surface area contributed by atoms with Crippen LogP contribution in [-0.4, -0.2) is 32.0 Å². The van der Waals surface area contributed by atoms with Crippen LogP contribution in [-0.2, 0) is 11.8 Å². The number of nitrogens with one attached hydrogen (secondary N) is 1. The second-order valence-electron chi connectivity index (χ2n) is 8.08. The number of hydrogen-bond donors (Lipinski definition) is 3. The van der Waals surface area contributed by atoms with Crippen LogP contribution in [0.1, 0.15) is 37.1 Å². The number of alkyl halides is 3. The Morgan fingerprint density at radius 2 is 1.83 bits per heavy atom. The standard InChI is InChI=1S/C21H22F4N2O2/c1-12-14-10-26-7-6-16(14)27-17(12)9-20(29,21(23,24)25)11-19(2,3)15-8-13(22)4-5-18(15)28/h4-8,10,27-29H,9,11H2,1-3H3. The lowest BCUT2D eigenvalue weighted by molar-refractivity contribution is -0.266. The number of pyridine rings is 1. The summed E-state index contributed by atoms with van der Waals surface area (Å²) in [4.78, 5) is 6.91. The number of aryl methyl sites for hydroxylation is 1. The summed E-state index contributed by atoms with van der Waals surface area (Å²) in [6, 6.07) is 4.75. The zero-order chi connectivity index (χ0) is 21.6. The summed E-state index contributed by atoms with van der Waals surface area (Å²) in [6.45, 7) is 4.52. The molecule has 0 fully saturated rings. The van der Waals surface area contributed by atoms with E-state index in [-0.39, 0.29) is 17.0 Å². The molecule has 0 bridgehead atoms. The molecule has 3 aromatic rings. The van der Waals surface area contributed by atoms with Crippen molar-refractivity contribution in [3.63, 3.8) is 0 Å². The number of nitrogens with zero attached hydrogens (tertiary/aromatic N) is 1. The highest BCUT2D eigenvalue weighted by Crippen LogP contribution is 2.45. The van der Waals surface area contributed by atoms with Crippen LogP contribution in [0.5, 0.6) is 5.75 Å². The first-order valence-corrected chi connectivity index (χ1v) is 9.03. The minimum Gasteiger partial charge on any atom is -0.508 e. The van der Waals surface area contributed by atoms with Crippen LogP contribution in [0.4, 0.5) is 17.6 Å². The van der Waals surface area contributed by atoms with Gasteiger partial charge < -0.3 is 15.2 Å². The minimum absolute atomic E-state index is 0.00209. The van der Waals surface area contributed by atoms with Gasteiger partial charge in [-0.15, -0.1) is 0 Å². The zero-order valence-electron chi connectivity index (χ0n) is 16.2. The number of aromatic nitrogens is 2. The summed E-state index contributed by atoms with van der Waals surface area (Å²) in [5.74, 6) is -1.01. The smallest absolute Gasteiger partial charge is 0.417 e. The zero-order valence-corrected chi connectivity index (χ0v) is 16.2. The van der Waals surface area contributed by atoms with E-state index in [1.165, 1.54) is 20.0 Å². The van der Waals surface area contributed by atoms with E-state index in [9.17, 15) is 27.8 Å². The molecular weight excluding hydrogens is 388 g/mol. The molecule has 1 atom stereocenters. The Kier molecular flexibility index (Phi) is 5.11. The molecule has 0 aliphatic carbocycles. The highest BCUT2D eigenvalue weighted by Gasteiger charge is 2.56. The molecule has 0 saturated carbocycles. The molecule has 0 aliphatic rings. The number of H-pyrrole nitrogens is 1. The van der Waals surface area contributed by atoms with Gasteiger partial charge in [0.25, 0.3) is 0 Å². The molecule has 156 valence electrons. The van der Waals surface area contributed by atoms with Crippen molar-refractivity contribution < 1.29 is 27.8 Å². The third-order valence-corrected chi connectivity index (χ3v) is 5.38. The number of aromatic amines is 1. The second kappa shape index (κ2) is 7.02. The third kappa shape index (κ3) is 3.94.